The zero-order valence-corrected chi connectivity index (χ0v) is 11.5. The SMILES string of the molecule is COc1ccccc1NC(=O)Nc1c[nH]c2ccccc12. The highest BCUT2D eigenvalue weighted by Gasteiger charge is 2.09. The van der Waals surface area contributed by atoms with Crippen molar-refractivity contribution >= 4 is 28.3 Å². The van der Waals surface area contributed by atoms with Gasteiger partial charge < -0.3 is 20.4 Å². The van der Waals surface area contributed by atoms with Crippen LogP contribution in [-0.4, -0.2) is 18.1 Å². The van der Waals surface area contributed by atoms with E-state index in [1.165, 1.54) is 0 Å². The zero-order valence-electron chi connectivity index (χ0n) is 11.5. The highest BCUT2D eigenvalue weighted by Crippen LogP contribution is 2.25. The van der Waals surface area contributed by atoms with Gasteiger partial charge in [0.2, 0.25) is 0 Å². The van der Waals surface area contributed by atoms with E-state index in [9.17, 15) is 4.79 Å². The molecule has 0 spiro atoms. The number of carbonyl (C=O) groups is 1. The normalized spacial score (nSPS) is 10.3. The summed E-state index contributed by atoms with van der Waals surface area (Å²) < 4.78 is 5.20. The van der Waals surface area contributed by atoms with Crippen molar-refractivity contribution in [2.75, 3.05) is 17.7 Å². The van der Waals surface area contributed by atoms with Gasteiger partial charge in [-0.25, -0.2) is 4.79 Å². The molecule has 0 aliphatic heterocycles. The van der Waals surface area contributed by atoms with Crippen molar-refractivity contribution in [1.82, 2.24) is 4.98 Å². The number of para-hydroxylation sites is 3. The summed E-state index contributed by atoms with van der Waals surface area (Å²) in [5.41, 5.74) is 2.33. The molecule has 0 saturated carbocycles. The topological polar surface area (TPSA) is 66.2 Å². The fraction of sp³-hybridized carbons (Fsp3) is 0.0625. The Bertz CT molecular complexity index is 780. The highest BCUT2D eigenvalue weighted by atomic mass is 16.5. The maximum atomic E-state index is 12.1. The molecule has 0 atom stereocenters. The van der Waals surface area contributed by atoms with Gasteiger partial charge in [-0.2, -0.15) is 0 Å². The van der Waals surface area contributed by atoms with Crippen LogP contribution in [0.5, 0.6) is 5.75 Å². The van der Waals surface area contributed by atoms with Gasteiger partial charge in [-0.15, -0.1) is 0 Å². The molecule has 106 valence electrons. The van der Waals surface area contributed by atoms with E-state index in [1.54, 1.807) is 25.4 Å². The first-order valence-electron chi connectivity index (χ1n) is 6.55. The Hall–Kier alpha value is -2.95. The molecule has 0 fully saturated rings. The molecule has 0 bridgehead atoms. The molecule has 3 aromatic rings. The van der Waals surface area contributed by atoms with E-state index in [0.717, 1.165) is 16.6 Å². The summed E-state index contributed by atoms with van der Waals surface area (Å²) in [7, 11) is 1.57. The summed E-state index contributed by atoms with van der Waals surface area (Å²) in [5.74, 6) is 0.617. The summed E-state index contributed by atoms with van der Waals surface area (Å²) in [5, 5.41) is 6.57. The van der Waals surface area contributed by atoms with Crippen LogP contribution in [0.25, 0.3) is 10.9 Å². The van der Waals surface area contributed by atoms with Crippen molar-refractivity contribution < 1.29 is 9.53 Å². The molecule has 21 heavy (non-hydrogen) atoms. The monoisotopic (exact) mass is 281 g/mol. The van der Waals surface area contributed by atoms with Gasteiger partial charge in [-0.3, -0.25) is 0 Å². The molecular weight excluding hydrogens is 266 g/mol. The predicted molar refractivity (Wildman–Crippen MR) is 83.9 cm³/mol. The lowest BCUT2D eigenvalue weighted by molar-refractivity contribution is 0.262. The number of aromatic nitrogens is 1. The van der Waals surface area contributed by atoms with Gasteiger partial charge in [0, 0.05) is 17.1 Å². The quantitative estimate of drug-likeness (QED) is 0.683. The second-order valence-electron chi connectivity index (χ2n) is 4.53. The lowest BCUT2D eigenvalue weighted by Gasteiger charge is -2.10. The predicted octanol–water partition coefficient (Wildman–Crippen LogP) is 3.82. The molecule has 2 aromatic carbocycles. The van der Waals surface area contributed by atoms with Crippen LogP contribution in [0.2, 0.25) is 0 Å². The molecule has 0 radical (unpaired) electrons. The largest absolute Gasteiger partial charge is 0.495 e. The lowest BCUT2D eigenvalue weighted by atomic mass is 10.2. The van der Waals surface area contributed by atoms with Crippen molar-refractivity contribution in [3.8, 4) is 5.75 Å². The number of fused-ring (bicyclic) bond motifs is 1. The lowest BCUT2D eigenvalue weighted by Crippen LogP contribution is -2.19. The Kier molecular flexibility index (Phi) is 3.47. The van der Waals surface area contributed by atoms with Gasteiger partial charge in [0.1, 0.15) is 5.75 Å². The van der Waals surface area contributed by atoms with Gasteiger partial charge in [-0.1, -0.05) is 30.3 Å². The Morgan fingerprint density at radius 3 is 2.57 bits per heavy atom. The average Bonchev–Trinajstić information content (AvgIpc) is 2.91. The van der Waals surface area contributed by atoms with Crippen LogP contribution < -0.4 is 15.4 Å². The zero-order chi connectivity index (χ0) is 14.7. The van der Waals surface area contributed by atoms with E-state index in [1.807, 2.05) is 36.4 Å². The Morgan fingerprint density at radius 1 is 1.00 bits per heavy atom. The second kappa shape index (κ2) is 5.58. The number of hydrogen-bond acceptors (Lipinski definition) is 2. The molecular formula is C16H15N3O2. The Labute approximate surface area is 121 Å². The molecule has 0 aliphatic rings. The number of H-pyrrole nitrogens is 1. The minimum atomic E-state index is -0.316. The standard InChI is InChI=1S/C16H15N3O2/c1-21-15-9-5-4-8-13(15)18-16(20)19-14-10-17-12-7-3-2-6-11(12)14/h2-10,17H,1H3,(H2,18,19,20). The summed E-state index contributed by atoms with van der Waals surface area (Å²) in [6.45, 7) is 0. The van der Waals surface area contributed by atoms with Gasteiger partial charge in [-0.05, 0) is 18.2 Å². The number of nitrogens with one attached hydrogen (secondary N) is 3. The van der Waals surface area contributed by atoms with E-state index in [4.69, 9.17) is 4.74 Å². The molecule has 1 aromatic heterocycles. The van der Waals surface area contributed by atoms with Crippen LogP contribution in [0.4, 0.5) is 16.2 Å². The third-order valence-electron chi connectivity index (χ3n) is 3.19. The molecule has 0 aliphatic carbocycles. The molecule has 3 rings (SSSR count). The average molecular weight is 281 g/mol. The van der Waals surface area contributed by atoms with Crippen molar-refractivity contribution in [2.24, 2.45) is 0 Å². The third-order valence-corrected chi connectivity index (χ3v) is 3.19. The van der Waals surface area contributed by atoms with Crippen LogP contribution in [0.3, 0.4) is 0 Å². The molecule has 0 saturated heterocycles. The number of hydrogen-bond donors (Lipinski definition) is 3. The highest BCUT2D eigenvalue weighted by molar-refractivity contribution is 6.06. The van der Waals surface area contributed by atoms with E-state index in [0.29, 0.717) is 11.4 Å². The summed E-state index contributed by atoms with van der Waals surface area (Å²) in [6.07, 6.45) is 1.77. The second-order valence-corrected chi connectivity index (χ2v) is 4.53. The van der Waals surface area contributed by atoms with Gasteiger partial charge in [0.15, 0.2) is 0 Å². The van der Waals surface area contributed by atoms with E-state index >= 15 is 0 Å². The summed E-state index contributed by atoms with van der Waals surface area (Å²) in [6, 6.07) is 14.7. The molecule has 0 unspecified atom stereocenters. The summed E-state index contributed by atoms with van der Waals surface area (Å²) >= 11 is 0. The van der Waals surface area contributed by atoms with Crippen LogP contribution in [0.1, 0.15) is 0 Å². The number of ether oxygens (including phenoxy) is 1. The smallest absolute Gasteiger partial charge is 0.323 e. The minimum Gasteiger partial charge on any atom is -0.495 e. The molecule has 5 heteroatoms. The Balaban J connectivity index is 1.77. The third kappa shape index (κ3) is 2.67. The number of rotatable bonds is 3. The van der Waals surface area contributed by atoms with Crippen LogP contribution in [0.15, 0.2) is 54.7 Å². The van der Waals surface area contributed by atoms with Gasteiger partial charge in [0.05, 0.1) is 18.5 Å². The number of urea groups is 1. The fourth-order valence-electron chi connectivity index (χ4n) is 2.20. The molecule has 3 N–H and O–H groups in total. The first-order chi connectivity index (χ1) is 10.3. The van der Waals surface area contributed by atoms with E-state index in [2.05, 4.69) is 15.6 Å². The fourth-order valence-corrected chi connectivity index (χ4v) is 2.20. The van der Waals surface area contributed by atoms with Gasteiger partial charge in [0.25, 0.3) is 0 Å². The number of methoxy groups -OCH3 is 1. The van der Waals surface area contributed by atoms with Crippen LogP contribution in [0, 0.1) is 0 Å². The van der Waals surface area contributed by atoms with Gasteiger partial charge >= 0.3 is 6.03 Å². The van der Waals surface area contributed by atoms with E-state index < -0.39 is 0 Å². The van der Waals surface area contributed by atoms with Crippen molar-refractivity contribution in [1.29, 1.82) is 0 Å². The number of carbonyl (C=O) groups excluding carboxylic acids is 1. The van der Waals surface area contributed by atoms with Crippen molar-refractivity contribution in [2.45, 2.75) is 0 Å². The van der Waals surface area contributed by atoms with E-state index in [-0.39, 0.29) is 6.03 Å². The summed E-state index contributed by atoms with van der Waals surface area (Å²) in [4.78, 5) is 15.2. The number of anilines is 2. The Morgan fingerprint density at radius 2 is 1.71 bits per heavy atom. The molecule has 5 nitrogen and oxygen atoms in total. The number of benzene rings is 2. The molecule has 1 heterocycles. The molecule has 2 amide bonds. The number of amides is 2. The maximum Gasteiger partial charge on any atom is 0.323 e. The number of aromatic amines is 1. The van der Waals surface area contributed by atoms with Crippen LogP contribution >= 0.6 is 0 Å². The van der Waals surface area contributed by atoms with Crippen molar-refractivity contribution in [3.05, 3.63) is 54.7 Å². The first kappa shape index (κ1) is 13.1. The first-order valence-corrected chi connectivity index (χ1v) is 6.55. The minimum absolute atomic E-state index is 0.316. The van der Waals surface area contributed by atoms with Crippen molar-refractivity contribution in [3.63, 3.8) is 0 Å². The van der Waals surface area contributed by atoms with Crippen LogP contribution in [-0.2, 0) is 0 Å². The maximum absolute atomic E-state index is 12.1.